The molecule has 3 aliphatic rings. The monoisotopic (exact) mass is 693 g/mol. The molecule has 45 heavy (non-hydrogen) atoms. The minimum atomic E-state index is -4.48. The van der Waals surface area contributed by atoms with Crippen molar-refractivity contribution >= 4 is 55.4 Å². The standard InChI is InChI=1S/C32H28BrN3O8S/c1-42-28(37)24-17-32-22-11-7-8-12-23(22)35(18-19-9-5-4-6-10-19)27(32)25(29(38)43-2)26(30(39)44-3)34-31(32)36(24)45(40,41)21-15-13-20(33)14-16-21/h4-16,24,27H,17-18H2,1-3H3/t24-,27-,32-/m0/s1. The molecule has 3 atom stereocenters. The molecule has 3 aromatic rings. The number of carbonyl (C=O) groups excluding carboxylic acids is 3. The molecule has 0 unspecified atom stereocenters. The van der Waals surface area contributed by atoms with E-state index < -0.39 is 51.1 Å². The highest BCUT2D eigenvalue weighted by Crippen LogP contribution is 2.59. The lowest BCUT2D eigenvalue weighted by Gasteiger charge is -2.40. The first kappa shape index (κ1) is 30.5. The van der Waals surface area contributed by atoms with Crippen molar-refractivity contribution in [3.8, 4) is 0 Å². The van der Waals surface area contributed by atoms with Gasteiger partial charge in [-0.25, -0.2) is 32.1 Å². The van der Waals surface area contributed by atoms with Crippen LogP contribution in [0.4, 0.5) is 5.69 Å². The Morgan fingerprint density at radius 2 is 1.53 bits per heavy atom. The van der Waals surface area contributed by atoms with Gasteiger partial charge in [0.2, 0.25) is 0 Å². The van der Waals surface area contributed by atoms with Crippen LogP contribution < -0.4 is 4.90 Å². The first-order valence-corrected chi connectivity index (χ1v) is 16.1. The number of rotatable bonds is 7. The van der Waals surface area contributed by atoms with E-state index in [1.165, 1.54) is 26.4 Å². The largest absolute Gasteiger partial charge is 0.467 e. The van der Waals surface area contributed by atoms with Crippen molar-refractivity contribution < 1.29 is 37.0 Å². The zero-order chi connectivity index (χ0) is 32.1. The molecule has 1 saturated heterocycles. The molecule has 11 nitrogen and oxygen atoms in total. The van der Waals surface area contributed by atoms with Crippen LogP contribution in [-0.4, -0.2) is 69.9 Å². The Hall–Kier alpha value is -4.49. The SMILES string of the molecule is COC(=O)C1=C(C(=O)OC)[C@@H]2N(Cc3ccccc3)c3ccccc3[C@@]23C[C@@H](C(=O)OC)N(S(=O)(=O)c2ccc(Br)cc2)C3=N1. The number of anilines is 1. The Balaban J connectivity index is 1.70. The maximum atomic E-state index is 14.5. The summed E-state index contributed by atoms with van der Waals surface area (Å²) in [7, 11) is -0.977. The minimum absolute atomic E-state index is 0.0955. The lowest BCUT2D eigenvalue weighted by atomic mass is 9.69. The number of benzene rings is 3. The van der Waals surface area contributed by atoms with Gasteiger partial charge in [0.1, 0.15) is 11.9 Å². The fourth-order valence-corrected chi connectivity index (χ4v) is 8.53. The molecule has 6 rings (SSSR count). The molecule has 0 bridgehead atoms. The Kier molecular flexibility index (Phi) is 7.77. The van der Waals surface area contributed by atoms with E-state index in [-0.39, 0.29) is 29.3 Å². The van der Waals surface area contributed by atoms with Crippen LogP contribution in [0.5, 0.6) is 0 Å². The first-order chi connectivity index (χ1) is 21.6. The van der Waals surface area contributed by atoms with E-state index in [0.717, 1.165) is 17.0 Å². The Bertz CT molecular complexity index is 1880. The molecular formula is C32H28BrN3O8S. The molecule has 1 spiro atoms. The smallest absolute Gasteiger partial charge is 0.357 e. The number of ether oxygens (including phenoxy) is 3. The average molecular weight is 695 g/mol. The number of halogens is 1. The quantitative estimate of drug-likeness (QED) is 0.268. The highest BCUT2D eigenvalue weighted by atomic mass is 79.9. The lowest BCUT2D eigenvalue weighted by molar-refractivity contribution is -0.144. The Labute approximate surface area is 268 Å². The second kappa shape index (κ2) is 11.5. The van der Waals surface area contributed by atoms with Gasteiger partial charge in [0.05, 0.1) is 43.3 Å². The number of hydrogen-bond acceptors (Lipinski definition) is 10. The third-order valence-corrected chi connectivity index (χ3v) is 10.8. The zero-order valence-corrected chi connectivity index (χ0v) is 26.9. The van der Waals surface area contributed by atoms with E-state index in [4.69, 9.17) is 14.2 Å². The third kappa shape index (κ3) is 4.64. The van der Waals surface area contributed by atoms with Crippen LogP contribution >= 0.6 is 15.9 Å². The first-order valence-electron chi connectivity index (χ1n) is 13.9. The maximum absolute atomic E-state index is 14.5. The summed E-state index contributed by atoms with van der Waals surface area (Å²) in [5.41, 5.74) is 0.293. The van der Waals surface area contributed by atoms with Crippen LogP contribution in [0.15, 0.2) is 104 Å². The van der Waals surface area contributed by atoms with E-state index in [9.17, 15) is 22.8 Å². The van der Waals surface area contributed by atoms with Gasteiger partial charge < -0.3 is 19.1 Å². The predicted octanol–water partition coefficient (Wildman–Crippen LogP) is 3.72. The summed E-state index contributed by atoms with van der Waals surface area (Å²) in [4.78, 5) is 47.0. The highest BCUT2D eigenvalue weighted by molar-refractivity contribution is 9.10. The average Bonchev–Trinajstić information content (AvgIpc) is 3.55. The van der Waals surface area contributed by atoms with E-state index in [1.54, 1.807) is 18.2 Å². The van der Waals surface area contributed by atoms with Crippen molar-refractivity contribution in [1.82, 2.24) is 4.31 Å². The van der Waals surface area contributed by atoms with Crippen LogP contribution in [0, 0.1) is 0 Å². The van der Waals surface area contributed by atoms with Crippen LogP contribution in [0.1, 0.15) is 17.5 Å². The molecule has 13 heteroatoms. The summed E-state index contributed by atoms with van der Waals surface area (Å²) < 4.78 is 46.0. The van der Waals surface area contributed by atoms with Crippen molar-refractivity contribution in [2.75, 3.05) is 26.2 Å². The van der Waals surface area contributed by atoms with Crippen molar-refractivity contribution in [3.63, 3.8) is 0 Å². The molecule has 0 radical (unpaired) electrons. The fraction of sp³-hybridized carbons (Fsp3) is 0.250. The van der Waals surface area contributed by atoms with Crippen LogP contribution in [0.25, 0.3) is 0 Å². The molecule has 0 aromatic heterocycles. The van der Waals surface area contributed by atoms with Gasteiger partial charge in [-0.3, -0.25) is 0 Å². The second-order valence-corrected chi connectivity index (χ2v) is 13.4. The summed E-state index contributed by atoms with van der Waals surface area (Å²) >= 11 is 3.33. The summed E-state index contributed by atoms with van der Waals surface area (Å²) in [6.07, 6.45) is -0.129. The topological polar surface area (TPSA) is 132 Å². The van der Waals surface area contributed by atoms with Crippen molar-refractivity contribution in [2.45, 2.75) is 35.4 Å². The van der Waals surface area contributed by atoms with E-state index in [1.807, 2.05) is 53.4 Å². The van der Waals surface area contributed by atoms with E-state index >= 15 is 0 Å². The lowest BCUT2D eigenvalue weighted by Crippen LogP contribution is -2.55. The summed E-state index contributed by atoms with van der Waals surface area (Å²) in [6, 6.07) is 20.3. The molecular weight excluding hydrogens is 666 g/mol. The summed E-state index contributed by atoms with van der Waals surface area (Å²) in [5.74, 6) is -2.71. The molecule has 0 aliphatic carbocycles. The molecule has 3 heterocycles. The van der Waals surface area contributed by atoms with Gasteiger partial charge in [0.15, 0.2) is 5.70 Å². The van der Waals surface area contributed by atoms with Crippen molar-refractivity contribution in [3.05, 3.63) is 106 Å². The van der Waals surface area contributed by atoms with Gasteiger partial charge in [-0.2, -0.15) is 0 Å². The number of para-hydroxylation sites is 1. The van der Waals surface area contributed by atoms with Crippen molar-refractivity contribution in [1.29, 1.82) is 0 Å². The summed E-state index contributed by atoms with van der Waals surface area (Å²) in [5, 5.41) is 0. The molecule has 1 fully saturated rings. The van der Waals surface area contributed by atoms with Gasteiger partial charge in [-0.05, 0) is 47.9 Å². The minimum Gasteiger partial charge on any atom is -0.467 e. The number of aliphatic imine (C=N–C) groups is 1. The molecule has 0 N–H and O–H groups in total. The van der Waals surface area contributed by atoms with Gasteiger partial charge in [0.25, 0.3) is 10.0 Å². The normalized spacial score (nSPS) is 21.8. The highest BCUT2D eigenvalue weighted by Gasteiger charge is 2.68. The van der Waals surface area contributed by atoms with Crippen LogP contribution in [0.2, 0.25) is 0 Å². The predicted molar refractivity (Wildman–Crippen MR) is 167 cm³/mol. The number of amidine groups is 1. The van der Waals surface area contributed by atoms with Crippen LogP contribution in [-0.2, 0) is 50.6 Å². The number of nitrogens with zero attached hydrogens (tertiary/aromatic N) is 3. The van der Waals surface area contributed by atoms with Crippen molar-refractivity contribution in [2.24, 2.45) is 4.99 Å². The molecule has 0 saturated carbocycles. The van der Waals surface area contributed by atoms with E-state index in [0.29, 0.717) is 15.7 Å². The number of fused-ring (bicyclic) bond motifs is 1. The number of methoxy groups -OCH3 is 3. The second-order valence-electron chi connectivity index (χ2n) is 10.7. The number of carbonyl (C=O) groups is 3. The van der Waals surface area contributed by atoms with Gasteiger partial charge in [-0.15, -0.1) is 0 Å². The molecule has 3 aliphatic heterocycles. The summed E-state index contributed by atoms with van der Waals surface area (Å²) in [6.45, 7) is 0.273. The molecule has 232 valence electrons. The number of esters is 3. The fourth-order valence-electron chi connectivity index (χ4n) is 6.63. The maximum Gasteiger partial charge on any atom is 0.357 e. The Morgan fingerprint density at radius 1 is 0.889 bits per heavy atom. The third-order valence-electron chi connectivity index (χ3n) is 8.45. The molecule has 3 aromatic carbocycles. The van der Waals surface area contributed by atoms with Gasteiger partial charge in [0, 0.05) is 16.7 Å². The van der Waals surface area contributed by atoms with Crippen LogP contribution in [0.3, 0.4) is 0 Å². The van der Waals surface area contributed by atoms with Gasteiger partial charge in [-0.1, -0.05) is 64.5 Å². The van der Waals surface area contributed by atoms with Gasteiger partial charge >= 0.3 is 17.9 Å². The number of hydrogen-bond donors (Lipinski definition) is 0. The molecule has 0 amide bonds. The zero-order valence-electron chi connectivity index (χ0n) is 24.5. The van der Waals surface area contributed by atoms with E-state index in [2.05, 4.69) is 20.9 Å². The number of sulfonamides is 1. The Morgan fingerprint density at radius 3 is 2.18 bits per heavy atom.